The van der Waals surface area contributed by atoms with E-state index in [4.69, 9.17) is 0 Å². The van der Waals surface area contributed by atoms with Crippen LogP contribution in [0.15, 0.2) is 30.3 Å². The second kappa shape index (κ2) is 5.55. The van der Waals surface area contributed by atoms with Crippen molar-refractivity contribution in [3.63, 3.8) is 0 Å². The summed E-state index contributed by atoms with van der Waals surface area (Å²) in [6.45, 7) is 2.08. The minimum Gasteiger partial charge on any atom is -0.225 e. The van der Waals surface area contributed by atoms with E-state index in [-0.39, 0.29) is 0 Å². The third kappa shape index (κ3) is 2.89. The molecule has 0 saturated carbocycles. The minimum atomic E-state index is 0.325. The number of nitrogens with zero attached hydrogens (tertiary/aromatic N) is 2. The van der Waals surface area contributed by atoms with Crippen LogP contribution in [-0.2, 0) is 12.8 Å². The Balaban J connectivity index is 2.05. The van der Waals surface area contributed by atoms with E-state index in [0.29, 0.717) is 4.83 Å². The normalized spacial score (nSPS) is 12.6. The fourth-order valence-electron chi connectivity index (χ4n) is 1.45. The number of alkyl halides is 1. The van der Waals surface area contributed by atoms with Gasteiger partial charge in [0.05, 0.1) is 0 Å². The Labute approximate surface area is 108 Å². The van der Waals surface area contributed by atoms with Gasteiger partial charge in [-0.1, -0.05) is 53.2 Å². The molecule has 16 heavy (non-hydrogen) atoms. The number of halogens is 1. The molecule has 0 aliphatic carbocycles. The summed E-state index contributed by atoms with van der Waals surface area (Å²) in [5, 5.41) is 1.10. The summed E-state index contributed by atoms with van der Waals surface area (Å²) >= 11 is 5.20. The number of aryl methyl sites for hydroxylation is 1. The molecule has 0 aliphatic heterocycles. The highest BCUT2D eigenvalue weighted by Crippen LogP contribution is 2.27. The predicted molar refractivity (Wildman–Crippen MR) is 71.1 cm³/mol. The molecule has 2 rings (SSSR count). The lowest BCUT2D eigenvalue weighted by atomic mass is 10.1. The average Bonchev–Trinajstić information content (AvgIpc) is 2.78. The summed E-state index contributed by atoms with van der Waals surface area (Å²) < 4.78 is 4.29. The zero-order valence-electron chi connectivity index (χ0n) is 9.06. The van der Waals surface area contributed by atoms with Crippen LogP contribution in [0.1, 0.15) is 28.1 Å². The van der Waals surface area contributed by atoms with Crippen molar-refractivity contribution in [2.75, 3.05) is 0 Å². The van der Waals surface area contributed by atoms with Gasteiger partial charge >= 0.3 is 0 Å². The number of benzene rings is 1. The molecule has 2 nitrogen and oxygen atoms in total. The summed E-state index contributed by atoms with van der Waals surface area (Å²) in [5.41, 5.74) is 1.29. The quantitative estimate of drug-likeness (QED) is 0.803. The number of hydrogen-bond donors (Lipinski definition) is 0. The smallest absolute Gasteiger partial charge is 0.142 e. The van der Waals surface area contributed by atoms with Crippen molar-refractivity contribution in [3.05, 3.63) is 46.7 Å². The van der Waals surface area contributed by atoms with Crippen LogP contribution < -0.4 is 0 Å². The molecule has 1 unspecified atom stereocenters. The van der Waals surface area contributed by atoms with E-state index in [0.717, 1.165) is 23.7 Å². The lowest BCUT2D eigenvalue weighted by Crippen LogP contribution is -1.95. The van der Waals surface area contributed by atoms with Gasteiger partial charge in [-0.05, 0) is 17.1 Å². The molecule has 0 aliphatic rings. The zero-order chi connectivity index (χ0) is 11.4. The molecule has 1 atom stereocenters. The standard InChI is InChI=1S/C12H13BrN2S/c1-2-11-14-12(16-15-11)8-10(13)9-6-4-3-5-7-9/h3-7,10H,2,8H2,1H3. The molecule has 0 spiro atoms. The molecule has 0 saturated heterocycles. The molecule has 2 aromatic rings. The Hall–Kier alpha value is -0.740. The van der Waals surface area contributed by atoms with Crippen molar-refractivity contribution in [2.24, 2.45) is 0 Å². The van der Waals surface area contributed by atoms with Crippen molar-refractivity contribution in [2.45, 2.75) is 24.6 Å². The summed E-state index contributed by atoms with van der Waals surface area (Å²) in [6, 6.07) is 10.4. The first-order valence-corrected chi connectivity index (χ1v) is 6.99. The van der Waals surface area contributed by atoms with Crippen molar-refractivity contribution in [1.82, 2.24) is 9.36 Å². The van der Waals surface area contributed by atoms with Crippen LogP contribution in [0.3, 0.4) is 0 Å². The van der Waals surface area contributed by atoms with E-state index >= 15 is 0 Å². The number of rotatable bonds is 4. The molecule has 1 aromatic heterocycles. The maximum absolute atomic E-state index is 4.47. The van der Waals surface area contributed by atoms with Crippen molar-refractivity contribution in [3.8, 4) is 0 Å². The van der Waals surface area contributed by atoms with Crippen molar-refractivity contribution < 1.29 is 0 Å². The lowest BCUT2D eigenvalue weighted by molar-refractivity contribution is 0.903. The maximum Gasteiger partial charge on any atom is 0.142 e. The summed E-state index contributed by atoms with van der Waals surface area (Å²) in [5.74, 6) is 0.952. The van der Waals surface area contributed by atoms with Gasteiger partial charge in [-0.3, -0.25) is 0 Å². The average molecular weight is 297 g/mol. The van der Waals surface area contributed by atoms with Gasteiger partial charge in [-0.15, -0.1) is 0 Å². The first-order chi connectivity index (χ1) is 7.79. The third-order valence-electron chi connectivity index (χ3n) is 2.34. The van der Waals surface area contributed by atoms with E-state index in [1.807, 2.05) is 6.07 Å². The van der Waals surface area contributed by atoms with Gasteiger partial charge in [0.15, 0.2) is 0 Å². The van der Waals surface area contributed by atoms with Gasteiger partial charge < -0.3 is 0 Å². The van der Waals surface area contributed by atoms with Gasteiger partial charge in [0.1, 0.15) is 10.8 Å². The molecule has 0 bridgehead atoms. The van der Waals surface area contributed by atoms with E-state index in [9.17, 15) is 0 Å². The predicted octanol–water partition coefficient (Wildman–Crippen LogP) is 3.78. The number of hydrogen-bond acceptors (Lipinski definition) is 3. The highest BCUT2D eigenvalue weighted by molar-refractivity contribution is 9.09. The van der Waals surface area contributed by atoms with Crippen LogP contribution in [0.25, 0.3) is 0 Å². The monoisotopic (exact) mass is 296 g/mol. The molecule has 0 fully saturated rings. The second-order valence-electron chi connectivity index (χ2n) is 3.54. The van der Waals surface area contributed by atoms with Gasteiger partial charge in [-0.2, -0.15) is 4.37 Å². The fourth-order valence-corrected chi connectivity index (χ4v) is 3.04. The topological polar surface area (TPSA) is 25.8 Å². The summed E-state index contributed by atoms with van der Waals surface area (Å²) in [6.07, 6.45) is 1.82. The Kier molecular flexibility index (Phi) is 4.07. The highest BCUT2D eigenvalue weighted by atomic mass is 79.9. The molecule has 4 heteroatoms. The van der Waals surface area contributed by atoms with Crippen LogP contribution in [0, 0.1) is 0 Å². The Morgan fingerprint density at radius 1 is 1.31 bits per heavy atom. The van der Waals surface area contributed by atoms with E-state index in [1.54, 1.807) is 0 Å². The third-order valence-corrected chi connectivity index (χ3v) is 3.96. The van der Waals surface area contributed by atoms with Gasteiger partial charge in [0, 0.05) is 17.7 Å². The van der Waals surface area contributed by atoms with Gasteiger partial charge in [0.2, 0.25) is 0 Å². The van der Waals surface area contributed by atoms with Crippen molar-refractivity contribution in [1.29, 1.82) is 0 Å². The van der Waals surface area contributed by atoms with Gasteiger partial charge in [0.25, 0.3) is 0 Å². The molecule has 0 radical (unpaired) electrons. The molecule has 84 valence electrons. The lowest BCUT2D eigenvalue weighted by Gasteiger charge is -2.06. The molecule has 1 heterocycles. The molecule has 0 amide bonds. The van der Waals surface area contributed by atoms with Crippen LogP contribution in [0.4, 0.5) is 0 Å². The van der Waals surface area contributed by atoms with E-state index in [2.05, 4.69) is 56.5 Å². The largest absolute Gasteiger partial charge is 0.225 e. The van der Waals surface area contributed by atoms with E-state index < -0.39 is 0 Å². The Morgan fingerprint density at radius 2 is 2.06 bits per heavy atom. The summed E-state index contributed by atoms with van der Waals surface area (Å²) in [4.78, 5) is 4.80. The molecular weight excluding hydrogens is 284 g/mol. The number of aromatic nitrogens is 2. The molecule has 0 N–H and O–H groups in total. The van der Waals surface area contributed by atoms with E-state index in [1.165, 1.54) is 17.1 Å². The summed E-state index contributed by atoms with van der Waals surface area (Å²) in [7, 11) is 0. The minimum absolute atomic E-state index is 0.325. The first-order valence-electron chi connectivity index (χ1n) is 5.30. The van der Waals surface area contributed by atoms with Crippen molar-refractivity contribution >= 4 is 27.5 Å². The Morgan fingerprint density at radius 3 is 2.69 bits per heavy atom. The van der Waals surface area contributed by atoms with Crippen LogP contribution in [0.2, 0.25) is 0 Å². The van der Waals surface area contributed by atoms with Gasteiger partial charge in [-0.25, -0.2) is 4.98 Å². The maximum atomic E-state index is 4.47. The molecular formula is C12H13BrN2S. The first kappa shape index (κ1) is 11.7. The highest BCUT2D eigenvalue weighted by Gasteiger charge is 2.11. The fraction of sp³-hybridized carbons (Fsp3) is 0.333. The second-order valence-corrected chi connectivity index (χ2v) is 5.48. The van der Waals surface area contributed by atoms with Crippen LogP contribution in [0.5, 0.6) is 0 Å². The van der Waals surface area contributed by atoms with Crippen LogP contribution >= 0.6 is 27.5 Å². The van der Waals surface area contributed by atoms with Crippen LogP contribution in [-0.4, -0.2) is 9.36 Å². The SMILES string of the molecule is CCc1nsc(CC(Br)c2ccccc2)n1. The zero-order valence-corrected chi connectivity index (χ0v) is 11.5. The Bertz CT molecular complexity index is 441. The molecule has 1 aromatic carbocycles.